The molecule has 3 aromatic rings. The Labute approximate surface area is 178 Å². The van der Waals surface area contributed by atoms with E-state index in [1.165, 1.54) is 6.42 Å². The van der Waals surface area contributed by atoms with Gasteiger partial charge in [0.15, 0.2) is 17.4 Å². The second kappa shape index (κ2) is 8.70. The van der Waals surface area contributed by atoms with E-state index in [1.807, 2.05) is 0 Å². The zero-order chi connectivity index (χ0) is 22.0. The number of carbonyl (C=O) groups excluding carboxylic acids is 1. The number of nitrogens with one attached hydrogen (secondary N) is 2. The summed E-state index contributed by atoms with van der Waals surface area (Å²) in [4.78, 5) is 43.9. The molecule has 0 aliphatic carbocycles. The number of amides is 1. The highest BCUT2D eigenvalue weighted by Crippen LogP contribution is 2.38. The Bertz CT molecular complexity index is 1060. The van der Waals surface area contributed by atoms with Crippen LogP contribution in [0.15, 0.2) is 17.1 Å². The summed E-state index contributed by atoms with van der Waals surface area (Å²) in [5.74, 6) is 1.58. The topological polar surface area (TPSA) is 150 Å². The molecule has 2 bridgehead atoms. The average Bonchev–Trinajstić information content (AvgIpc) is 3.33. The van der Waals surface area contributed by atoms with E-state index < -0.39 is 0 Å². The van der Waals surface area contributed by atoms with Gasteiger partial charge in [0.25, 0.3) is 12.4 Å². The Balaban J connectivity index is 0.000000730. The van der Waals surface area contributed by atoms with Crippen LogP contribution >= 0.6 is 0 Å². The van der Waals surface area contributed by atoms with Crippen LogP contribution in [0.25, 0.3) is 11.2 Å². The van der Waals surface area contributed by atoms with Gasteiger partial charge in [-0.1, -0.05) is 0 Å². The first-order chi connectivity index (χ1) is 15.0. The predicted molar refractivity (Wildman–Crippen MR) is 111 cm³/mol. The summed E-state index contributed by atoms with van der Waals surface area (Å²) >= 11 is 0. The molecule has 2 saturated heterocycles. The zero-order valence-corrected chi connectivity index (χ0v) is 17.4. The van der Waals surface area contributed by atoms with E-state index in [4.69, 9.17) is 14.3 Å². The first kappa shape index (κ1) is 20.8. The number of rotatable bonds is 3. The molecule has 5 heterocycles. The molecule has 3 atom stereocenters. The minimum Gasteiger partial charge on any atom is -0.483 e. The number of aromatic amines is 1. The predicted octanol–water partition coefficient (Wildman–Crippen LogP) is 1.98. The summed E-state index contributed by atoms with van der Waals surface area (Å²) in [7, 11) is 0. The summed E-state index contributed by atoms with van der Waals surface area (Å²) < 4.78 is 5.48. The third-order valence-electron chi connectivity index (χ3n) is 5.87. The first-order valence-electron chi connectivity index (χ1n) is 10.3. The van der Waals surface area contributed by atoms with Gasteiger partial charge in [-0.3, -0.25) is 9.59 Å². The van der Waals surface area contributed by atoms with Crippen LogP contribution in [0, 0.1) is 13.8 Å². The highest BCUT2D eigenvalue weighted by molar-refractivity contribution is 5.92. The number of carbonyl (C=O) groups is 2. The molecule has 11 nitrogen and oxygen atoms in total. The lowest BCUT2D eigenvalue weighted by Crippen LogP contribution is -2.57. The van der Waals surface area contributed by atoms with Gasteiger partial charge in [0.1, 0.15) is 11.8 Å². The van der Waals surface area contributed by atoms with Crippen LogP contribution in [0.2, 0.25) is 0 Å². The number of carboxylic acid groups (broad SMARTS) is 1. The molecule has 3 aromatic heterocycles. The van der Waals surface area contributed by atoms with Crippen molar-refractivity contribution in [2.75, 3.05) is 4.90 Å². The monoisotopic (exact) mass is 427 g/mol. The zero-order valence-electron chi connectivity index (χ0n) is 17.4. The molecule has 164 valence electrons. The second-order valence-corrected chi connectivity index (χ2v) is 7.84. The van der Waals surface area contributed by atoms with Crippen molar-refractivity contribution in [1.29, 1.82) is 0 Å². The number of fused-ring (bicyclic) bond motifs is 3. The molecule has 11 heteroatoms. The summed E-state index contributed by atoms with van der Waals surface area (Å²) in [5, 5.41) is 10.1. The van der Waals surface area contributed by atoms with Crippen molar-refractivity contribution >= 4 is 29.4 Å². The molecule has 2 fully saturated rings. The first-order valence-corrected chi connectivity index (χ1v) is 10.3. The minimum atomic E-state index is -0.250. The van der Waals surface area contributed by atoms with E-state index in [1.54, 1.807) is 26.5 Å². The summed E-state index contributed by atoms with van der Waals surface area (Å²) in [6.07, 6.45) is 8.38. The molecule has 0 aromatic carbocycles. The van der Waals surface area contributed by atoms with Gasteiger partial charge in [-0.25, -0.2) is 19.9 Å². The average molecular weight is 427 g/mol. The van der Waals surface area contributed by atoms with Gasteiger partial charge in [-0.05, 0) is 39.0 Å². The number of anilines is 1. The highest BCUT2D eigenvalue weighted by Gasteiger charge is 2.40. The van der Waals surface area contributed by atoms with Gasteiger partial charge in [0, 0.05) is 25.0 Å². The van der Waals surface area contributed by atoms with Crippen LogP contribution in [-0.2, 0) is 4.79 Å². The number of piperidine rings is 2. The SMILES string of the molecule is Cc1nc(C)c(C(=O)NC2C[C@H]3CCC[C@@H](C2)N3c2ncnc3nc[nH]c23)o1.O=CO. The molecule has 1 unspecified atom stereocenters. The molecule has 0 spiro atoms. The number of nitrogens with zero attached hydrogens (tertiary/aromatic N) is 5. The number of aromatic nitrogens is 5. The van der Waals surface area contributed by atoms with Crippen molar-refractivity contribution in [1.82, 2.24) is 30.2 Å². The van der Waals surface area contributed by atoms with E-state index in [-0.39, 0.29) is 18.4 Å². The number of oxazole rings is 1. The van der Waals surface area contributed by atoms with Gasteiger partial charge < -0.3 is 24.7 Å². The van der Waals surface area contributed by atoms with Crippen molar-refractivity contribution in [3.8, 4) is 0 Å². The third kappa shape index (κ3) is 4.07. The van der Waals surface area contributed by atoms with Crippen molar-refractivity contribution in [2.45, 2.75) is 64.1 Å². The molecule has 2 aliphatic rings. The fourth-order valence-corrected chi connectivity index (χ4v) is 4.79. The van der Waals surface area contributed by atoms with Crippen LogP contribution in [-0.4, -0.2) is 60.5 Å². The lowest BCUT2D eigenvalue weighted by molar-refractivity contribution is -0.122. The summed E-state index contributed by atoms with van der Waals surface area (Å²) in [5.41, 5.74) is 2.21. The Morgan fingerprint density at radius 2 is 1.97 bits per heavy atom. The van der Waals surface area contributed by atoms with E-state index in [0.717, 1.165) is 37.0 Å². The molecule has 2 aliphatic heterocycles. The number of hydrogen-bond acceptors (Lipinski definition) is 8. The maximum absolute atomic E-state index is 12.7. The molecule has 31 heavy (non-hydrogen) atoms. The van der Waals surface area contributed by atoms with Crippen LogP contribution < -0.4 is 10.2 Å². The maximum atomic E-state index is 12.7. The Hall–Kier alpha value is -3.50. The smallest absolute Gasteiger partial charge is 0.290 e. The molecule has 0 radical (unpaired) electrons. The van der Waals surface area contributed by atoms with Crippen LogP contribution in [0.3, 0.4) is 0 Å². The Morgan fingerprint density at radius 3 is 2.61 bits per heavy atom. The van der Waals surface area contributed by atoms with E-state index >= 15 is 0 Å². The number of aryl methyl sites for hydroxylation is 2. The molecular formula is C20H25N7O4. The maximum Gasteiger partial charge on any atom is 0.290 e. The normalized spacial score (nSPS) is 22.5. The number of hydrogen-bond donors (Lipinski definition) is 3. The molecule has 0 saturated carbocycles. The van der Waals surface area contributed by atoms with Crippen LogP contribution in [0.5, 0.6) is 0 Å². The molecule has 1 amide bonds. The molecule has 5 rings (SSSR count). The number of imidazole rings is 1. The van der Waals surface area contributed by atoms with Gasteiger partial charge in [-0.15, -0.1) is 0 Å². The summed E-state index contributed by atoms with van der Waals surface area (Å²) in [6.45, 7) is 3.30. The third-order valence-corrected chi connectivity index (χ3v) is 5.87. The quantitative estimate of drug-likeness (QED) is 0.533. The van der Waals surface area contributed by atoms with Crippen molar-refractivity contribution in [3.63, 3.8) is 0 Å². The van der Waals surface area contributed by atoms with Gasteiger partial charge in [-0.2, -0.15) is 0 Å². The van der Waals surface area contributed by atoms with Crippen molar-refractivity contribution in [3.05, 3.63) is 30.0 Å². The van der Waals surface area contributed by atoms with Gasteiger partial charge in [0.05, 0.1) is 12.0 Å². The van der Waals surface area contributed by atoms with Gasteiger partial charge in [0.2, 0.25) is 5.76 Å². The van der Waals surface area contributed by atoms with Crippen molar-refractivity contribution < 1.29 is 19.1 Å². The lowest BCUT2D eigenvalue weighted by atomic mass is 9.81. The standard InChI is InChI=1S/C19H23N7O2.CH2O2/c1-10-16(28-11(2)24-10)19(27)25-12-6-13-4-3-5-14(7-12)26(13)18-15-17(21-8-20-15)22-9-23-18;2-1-3/h8-9,12-14H,3-7H2,1-2H3,(H,25,27)(H,20,21,22,23);1H,(H,2,3)/t12?,13-,14+;. The summed E-state index contributed by atoms with van der Waals surface area (Å²) in [6, 6.07) is 0.775. The van der Waals surface area contributed by atoms with E-state index in [9.17, 15) is 4.79 Å². The largest absolute Gasteiger partial charge is 0.483 e. The fraction of sp³-hybridized carbons (Fsp3) is 0.500. The fourth-order valence-electron chi connectivity index (χ4n) is 4.79. The molecule has 3 N–H and O–H groups in total. The van der Waals surface area contributed by atoms with Crippen LogP contribution in [0.4, 0.5) is 5.82 Å². The van der Waals surface area contributed by atoms with E-state index in [0.29, 0.717) is 35.1 Å². The Morgan fingerprint density at radius 1 is 1.26 bits per heavy atom. The number of H-pyrrole nitrogens is 1. The highest BCUT2D eigenvalue weighted by atomic mass is 16.4. The lowest BCUT2D eigenvalue weighted by Gasteiger charge is -2.49. The second-order valence-electron chi connectivity index (χ2n) is 7.84. The Kier molecular flexibility index (Phi) is 5.83. The minimum absolute atomic E-state index is 0.114. The van der Waals surface area contributed by atoms with Gasteiger partial charge >= 0.3 is 0 Å². The molecular weight excluding hydrogens is 402 g/mol. The van der Waals surface area contributed by atoms with Crippen LogP contribution in [0.1, 0.15) is 54.2 Å². The van der Waals surface area contributed by atoms with E-state index in [2.05, 4.69) is 35.1 Å². The van der Waals surface area contributed by atoms with Crippen molar-refractivity contribution in [2.24, 2.45) is 0 Å².